The zero-order valence-corrected chi connectivity index (χ0v) is 20.6. The van der Waals surface area contributed by atoms with Crippen LogP contribution in [0.15, 0.2) is 47.3 Å². The molecule has 0 unspecified atom stereocenters. The molecule has 1 saturated heterocycles. The van der Waals surface area contributed by atoms with Crippen molar-refractivity contribution in [3.63, 3.8) is 0 Å². The van der Waals surface area contributed by atoms with Crippen molar-refractivity contribution in [2.45, 2.75) is 38.3 Å². The van der Waals surface area contributed by atoms with Crippen LogP contribution in [0.3, 0.4) is 0 Å². The standard InChI is InChI=1S/C27H29FN6O3/c1-31-22-10-7-18(16-21(22)28)24-25(17-5-8-20(37-2)9-6-17)34(13-3-4-23(30)35)27(36)26(32-24)33-14-11-19(29)12-15-33/h5-10,16,19H,3-4,11-15,29H2,2H3,(H2,30,35). The largest absolute Gasteiger partial charge is 0.497 e. The summed E-state index contributed by atoms with van der Waals surface area (Å²) in [6, 6.07) is 11.5. The van der Waals surface area contributed by atoms with Crippen LogP contribution < -0.4 is 26.7 Å². The zero-order valence-electron chi connectivity index (χ0n) is 20.6. The number of halogens is 1. The summed E-state index contributed by atoms with van der Waals surface area (Å²) in [5.41, 5.74) is 13.0. The van der Waals surface area contributed by atoms with Crippen LogP contribution in [-0.2, 0) is 11.3 Å². The number of carbonyl (C=O) groups is 1. The Morgan fingerprint density at radius 1 is 1.19 bits per heavy atom. The van der Waals surface area contributed by atoms with Gasteiger partial charge < -0.3 is 25.7 Å². The van der Waals surface area contributed by atoms with Gasteiger partial charge in [0.2, 0.25) is 11.6 Å². The first-order valence-corrected chi connectivity index (χ1v) is 12.1. The van der Waals surface area contributed by atoms with Crippen molar-refractivity contribution in [1.29, 1.82) is 0 Å². The molecule has 3 aromatic rings. The molecule has 0 saturated carbocycles. The summed E-state index contributed by atoms with van der Waals surface area (Å²) in [4.78, 5) is 35.2. The van der Waals surface area contributed by atoms with E-state index in [2.05, 4.69) is 4.85 Å². The van der Waals surface area contributed by atoms with Gasteiger partial charge in [-0.1, -0.05) is 12.1 Å². The Bertz CT molecular complexity index is 1390. The first kappa shape index (κ1) is 25.9. The quantitative estimate of drug-likeness (QED) is 0.453. The monoisotopic (exact) mass is 504 g/mol. The van der Waals surface area contributed by atoms with Crippen LogP contribution in [0.5, 0.6) is 5.75 Å². The molecular weight excluding hydrogens is 475 g/mol. The molecule has 2 aromatic carbocycles. The fourth-order valence-electron chi connectivity index (χ4n) is 4.49. The van der Waals surface area contributed by atoms with E-state index in [9.17, 15) is 14.0 Å². The maximum absolute atomic E-state index is 14.7. The molecule has 10 heteroatoms. The second-order valence-corrected chi connectivity index (χ2v) is 8.99. The molecule has 192 valence electrons. The first-order valence-electron chi connectivity index (χ1n) is 12.1. The number of methoxy groups -OCH3 is 1. The van der Waals surface area contributed by atoms with E-state index in [1.807, 2.05) is 4.90 Å². The third-order valence-electron chi connectivity index (χ3n) is 6.50. The smallest absolute Gasteiger partial charge is 0.294 e. The highest BCUT2D eigenvalue weighted by Gasteiger charge is 2.25. The van der Waals surface area contributed by atoms with Gasteiger partial charge in [-0.2, -0.15) is 0 Å². The van der Waals surface area contributed by atoms with Gasteiger partial charge in [0, 0.05) is 43.2 Å². The molecule has 2 heterocycles. The molecule has 4 N–H and O–H groups in total. The lowest BCUT2D eigenvalue weighted by atomic mass is 10.0. The Balaban J connectivity index is 1.97. The molecule has 0 atom stereocenters. The fraction of sp³-hybridized carbons (Fsp3) is 0.333. The van der Waals surface area contributed by atoms with Gasteiger partial charge in [0.15, 0.2) is 5.82 Å². The normalized spacial score (nSPS) is 13.8. The number of hydrogen-bond acceptors (Lipinski definition) is 6. The number of carbonyl (C=O) groups excluding carboxylic acids is 1. The number of amides is 1. The maximum atomic E-state index is 14.7. The molecule has 0 aliphatic carbocycles. The molecule has 9 nitrogen and oxygen atoms in total. The minimum Gasteiger partial charge on any atom is -0.497 e. The Morgan fingerprint density at radius 2 is 1.86 bits per heavy atom. The van der Waals surface area contributed by atoms with Gasteiger partial charge in [-0.05, 0) is 49.6 Å². The second kappa shape index (κ2) is 11.2. The second-order valence-electron chi connectivity index (χ2n) is 8.99. The van der Waals surface area contributed by atoms with Gasteiger partial charge in [-0.15, -0.1) is 0 Å². The molecule has 1 fully saturated rings. The van der Waals surface area contributed by atoms with Gasteiger partial charge in [-0.3, -0.25) is 9.59 Å². The third kappa shape index (κ3) is 5.62. The van der Waals surface area contributed by atoms with Crippen molar-refractivity contribution < 1.29 is 13.9 Å². The highest BCUT2D eigenvalue weighted by molar-refractivity contribution is 5.80. The molecule has 37 heavy (non-hydrogen) atoms. The van der Waals surface area contributed by atoms with E-state index in [0.717, 1.165) is 0 Å². The summed E-state index contributed by atoms with van der Waals surface area (Å²) in [5, 5.41) is 0. The molecule has 1 aliphatic rings. The van der Waals surface area contributed by atoms with E-state index in [1.54, 1.807) is 42.0 Å². The summed E-state index contributed by atoms with van der Waals surface area (Å²) in [6.07, 6.45) is 1.88. The SMILES string of the molecule is [C-]#[N+]c1ccc(-c2nc(N3CCC(N)CC3)c(=O)n(CCCC(N)=O)c2-c2ccc(OC)cc2)cc1F. The van der Waals surface area contributed by atoms with Gasteiger partial charge in [-0.25, -0.2) is 14.2 Å². The Morgan fingerprint density at radius 3 is 2.46 bits per heavy atom. The van der Waals surface area contributed by atoms with Gasteiger partial charge in [0.1, 0.15) is 11.6 Å². The van der Waals surface area contributed by atoms with Crippen LogP contribution in [0.4, 0.5) is 15.9 Å². The molecule has 1 aromatic heterocycles. The van der Waals surface area contributed by atoms with Gasteiger partial charge in [0.25, 0.3) is 5.56 Å². The van der Waals surface area contributed by atoms with Gasteiger partial charge >= 0.3 is 0 Å². The average molecular weight is 505 g/mol. The number of benzene rings is 2. The lowest BCUT2D eigenvalue weighted by Crippen LogP contribution is -2.43. The van der Waals surface area contributed by atoms with E-state index < -0.39 is 11.7 Å². The van der Waals surface area contributed by atoms with Crippen molar-refractivity contribution in [1.82, 2.24) is 9.55 Å². The molecule has 1 amide bonds. The Hall–Kier alpha value is -4.23. The number of nitrogens with zero attached hydrogens (tertiary/aromatic N) is 4. The molecule has 0 bridgehead atoms. The van der Waals surface area contributed by atoms with Crippen molar-refractivity contribution in [3.8, 4) is 28.3 Å². The van der Waals surface area contributed by atoms with Crippen LogP contribution in [0, 0.1) is 12.4 Å². The topological polar surface area (TPSA) is 121 Å². The Labute approximate surface area is 214 Å². The van der Waals surface area contributed by atoms with E-state index in [0.29, 0.717) is 60.6 Å². The number of hydrogen-bond donors (Lipinski definition) is 2. The molecule has 4 rings (SSSR count). The Kier molecular flexibility index (Phi) is 7.84. The van der Waals surface area contributed by atoms with E-state index in [-0.39, 0.29) is 36.1 Å². The number of anilines is 1. The number of rotatable bonds is 8. The van der Waals surface area contributed by atoms with Crippen LogP contribution in [0.1, 0.15) is 25.7 Å². The molecule has 1 aliphatic heterocycles. The van der Waals surface area contributed by atoms with Crippen LogP contribution in [0.2, 0.25) is 0 Å². The van der Waals surface area contributed by atoms with E-state index in [4.69, 9.17) is 27.8 Å². The summed E-state index contributed by atoms with van der Waals surface area (Å²) < 4.78 is 21.6. The lowest BCUT2D eigenvalue weighted by Gasteiger charge is -2.31. The maximum Gasteiger partial charge on any atom is 0.294 e. The van der Waals surface area contributed by atoms with Crippen molar-refractivity contribution >= 4 is 17.4 Å². The average Bonchev–Trinajstić information content (AvgIpc) is 2.90. The van der Waals surface area contributed by atoms with Gasteiger partial charge in [0.05, 0.1) is 25.1 Å². The number of piperidine rings is 1. The van der Waals surface area contributed by atoms with Crippen LogP contribution in [0.25, 0.3) is 27.4 Å². The predicted octanol–water partition coefficient (Wildman–Crippen LogP) is 3.47. The summed E-state index contributed by atoms with van der Waals surface area (Å²) >= 11 is 0. The number of aromatic nitrogens is 2. The molecule has 0 radical (unpaired) electrons. The van der Waals surface area contributed by atoms with Crippen molar-refractivity contribution in [2.24, 2.45) is 11.5 Å². The zero-order chi connectivity index (χ0) is 26.5. The predicted molar refractivity (Wildman–Crippen MR) is 140 cm³/mol. The van der Waals surface area contributed by atoms with Crippen molar-refractivity contribution in [2.75, 3.05) is 25.1 Å². The molecular formula is C27H29FN6O3. The summed E-state index contributed by atoms with van der Waals surface area (Å²) in [6.45, 7) is 8.53. The highest BCUT2D eigenvalue weighted by atomic mass is 19.1. The van der Waals surface area contributed by atoms with E-state index in [1.165, 1.54) is 12.1 Å². The third-order valence-corrected chi connectivity index (χ3v) is 6.50. The molecule has 0 spiro atoms. The lowest BCUT2D eigenvalue weighted by molar-refractivity contribution is -0.118. The number of nitrogens with two attached hydrogens (primary N) is 2. The van der Waals surface area contributed by atoms with Crippen LogP contribution >= 0.6 is 0 Å². The van der Waals surface area contributed by atoms with Crippen molar-refractivity contribution in [3.05, 3.63) is 70.1 Å². The minimum absolute atomic E-state index is 0.0577. The number of ether oxygens (including phenoxy) is 1. The first-order chi connectivity index (χ1) is 17.8. The van der Waals surface area contributed by atoms with Crippen LogP contribution in [-0.4, -0.2) is 41.7 Å². The summed E-state index contributed by atoms with van der Waals surface area (Å²) in [5.74, 6) is -0.259. The highest BCUT2D eigenvalue weighted by Crippen LogP contribution is 2.34. The van der Waals surface area contributed by atoms with E-state index >= 15 is 0 Å². The summed E-state index contributed by atoms with van der Waals surface area (Å²) in [7, 11) is 1.56. The number of primary amides is 1. The minimum atomic E-state index is -0.674. The fourth-order valence-corrected chi connectivity index (χ4v) is 4.49.